The Balaban J connectivity index is 2.26. The van der Waals surface area contributed by atoms with Crippen LogP contribution in [0.5, 0.6) is 0 Å². The van der Waals surface area contributed by atoms with Gasteiger partial charge in [-0.1, -0.05) is 0 Å². The molecule has 3 fully saturated rings. The predicted molar refractivity (Wildman–Crippen MR) is 44.8 cm³/mol. The molecule has 2 bridgehead atoms. The molecule has 68 valence electrons. The van der Waals surface area contributed by atoms with Crippen LogP contribution in [-0.2, 0) is 4.79 Å². The van der Waals surface area contributed by atoms with Gasteiger partial charge in [0.1, 0.15) is 5.78 Å². The largest absolute Gasteiger partial charge is 0.391 e. The summed E-state index contributed by atoms with van der Waals surface area (Å²) in [6.07, 6.45) is 1.28. The van der Waals surface area contributed by atoms with E-state index in [0.717, 1.165) is 25.9 Å². The number of aliphatic hydroxyl groups excluding tert-OH is 1. The van der Waals surface area contributed by atoms with Crippen LogP contribution in [0, 0.1) is 5.41 Å². The van der Waals surface area contributed by atoms with Crippen LogP contribution in [-0.4, -0.2) is 41.5 Å². The number of hydrogen-bond donors (Lipinski definition) is 1. The lowest BCUT2D eigenvalue weighted by atomic mass is 9.67. The molecule has 0 aliphatic carbocycles. The lowest BCUT2D eigenvalue weighted by molar-refractivity contribution is -0.149. The lowest BCUT2D eigenvalue weighted by Crippen LogP contribution is -2.60. The minimum Gasteiger partial charge on any atom is -0.391 e. The molecular weight excluding hydrogens is 154 g/mol. The molecule has 3 saturated heterocycles. The van der Waals surface area contributed by atoms with Crippen molar-refractivity contribution < 1.29 is 9.90 Å². The number of carbonyl (C=O) groups excluding carboxylic acids is 1. The lowest BCUT2D eigenvalue weighted by Gasteiger charge is -2.50. The molecule has 3 heterocycles. The molecule has 3 rings (SSSR count). The molecule has 0 spiro atoms. The third-order valence-corrected chi connectivity index (χ3v) is 3.52. The van der Waals surface area contributed by atoms with Crippen molar-refractivity contribution in [2.45, 2.75) is 25.9 Å². The molecular formula is C9H15NO2. The first-order valence-electron chi connectivity index (χ1n) is 4.57. The summed E-state index contributed by atoms with van der Waals surface area (Å²) in [6, 6.07) is 0. The van der Waals surface area contributed by atoms with Gasteiger partial charge in [-0.3, -0.25) is 4.79 Å². The van der Waals surface area contributed by atoms with Gasteiger partial charge in [0.2, 0.25) is 0 Å². The number of hydrogen-bond acceptors (Lipinski definition) is 3. The van der Waals surface area contributed by atoms with Gasteiger partial charge >= 0.3 is 0 Å². The number of ketones is 1. The van der Waals surface area contributed by atoms with Crippen molar-refractivity contribution in [2.24, 2.45) is 5.41 Å². The van der Waals surface area contributed by atoms with Crippen LogP contribution in [0.2, 0.25) is 0 Å². The molecule has 0 saturated carbocycles. The fraction of sp³-hybridized carbons (Fsp3) is 0.889. The third-order valence-electron chi connectivity index (χ3n) is 3.52. The van der Waals surface area contributed by atoms with Crippen LogP contribution in [0.4, 0.5) is 0 Å². The monoisotopic (exact) mass is 169 g/mol. The number of aliphatic hydroxyl groups is 1. The number of Topliss-reactive ketones (excluding diaryl/α,β-unsaturated/α-hetero) is 1. The van der Waals surface area contributed by atoms with Crippen LogP contribution in [0.25, 0.3) is 0 Å². The quantitative estimate of drug-likeness (QED) is 0.602. The van der Waals surface area contributed by atoms with Crippen molar-refractivity contribution in [1.29, 1.82) is 0 Å². The maximum Gasteiger partial charge on any atom is 0.138 e. The summed E-state index contributed by atoms with van der Waals surface area (Å²) in [6.45, 7) is 4.27. The molecule has 1 atom stereocenters. The number of carbonyl (C=O) groups is 1. The highest BCUT2D eigenvalue weighted by atomic mass is 16.3. The molecule has 0 amide bonds. The van der Waals surface area contributed by atoms with E-state index < -0.39 is 6.10 Å². The first-order chi connectivity index (χ1) is 5.65. The summed E-state index contributed by atoms with van der Waals surface area (Å²) in [4.78, 5) is 13.6. The summed E-state index contributed by atoms with van der Waals surface area (Å²) in [5.74, 6) is 0.175. The van der Waals surface area contributed by atoms with Gasteiger partial charge in [-0.2, -0.15) is 0 Å². The SMILES string of the molecule is CC(=O)C12CCN(CC1)CC2O. The molecule has 0 radical (unpaired) electrons. The van der Waals surface area contributed by atoms with Crippen molar-refractivity contribution in [2.75, 3.05) is 19.6 Å². The maximum atomic E-state index is 11.4. The Labute approximate surface area is 72.4 Å². The highest BCUT2D eigenvalue weighted by Gasteiger charge is 2.49. The summed E-state index contributed by atoms with van der Waals surface area (Å²) in [5, 5.41) is 9.76. The van der Waals surface area contributed by atoms with Gasteiger partial charge < -0.3 is 10.0 Å². The van der Waals surface area contributed by atoms with Crippen LogP contribution >= 0.6 is 0 Å². The zero-order valence-corrected chi connectivity index (χ0v) is 7.42. The van der Waals surface area contributed by atoms with E-state index in [0.29, 0.717) is 6.54 Å². The fourth-order valence-electron chi connectivity index (χ4n) is 2.47. The highest BCUT2D eigenvalue weighted by Crippen LogP contribution is 2.40. The standard InChI is InChI=1S/C9H15NO2/c1-7(11)9-2-4-10(5-3-9)6-8(9)12/h8,12H,2-6H2,1H3. The Hall–Kier alpha value is -0.410. The molecule has 1 unspecified atom stereocenters. The van der Waals surface area contributed by atoms with Gasteiger partial charge in [-0.25, -0.2) is 0 Å². The Bertz CT molecular complexity index is 207. The summed E-state index contributed by atoms with van der Waals surface area (Å²) in [5.41, 5.74) is -0.380. The summed E-state index contributed by atoms with van der Waals surface area (Å²) in [7, 11) is 0. The van der Waals surface area contributed by atoms with Crippen LogP contribution < -0.4 is 0 Å². The van der Waals surface area contributed by atoms with E-state index >= 15 is 0 Å². The zero-order valence-electron chi connectivity index (χ0n) is 7.42. The van der Waals surface area contributed by atoms with Crippen molar-refractivity contribution in [1.82, 2.24) is 4.90 Å². The van der Waals surface area contributed by atoms with Crippen molar-refractivity contribution in [3.8, 4) is 0 Å². The number of piperidine rings is 3. The molecule has 0 aromatic heterocycles. The third kappa shape index (κ3) is 0.930. The molecule has 3 aliphatic rings. The second-order valence-electron chi connectivity index (χ2n) is 4.03. The second kappa shape index (κ2) is 2.54. The van der Waals surface area contributed by atoms with Gasteiger partial charge in [-0.15, -0.1) is 0 Å². The van der Waals surface area contributed by atoms with E-state index in [1.54, 1.807) is 6.92 Å². The normalized spacial score (nSPS) is 46.2. The Morgan fingerprint density at radius 3 is 2.42 bits per heavy atom. The van der Waals surface area contributed by atoms with Crippen LogP contribution in [0.3, 0.4) is 0 Å². The Morgan fingerprint density at radius 1 is 1.50 bits per heavy atom. The first kappa shape index (κ1) is 8.20. The van der Waals surface area contributed by atoms with Crippen molar-refractivity contribution >= 4 is 5.78 Å². The highest BCUT2D eigenvalue weighted by molar-refractivity contribution is 5.83. The van der Waals surface area contributed by atoms with E-state index in [4.69, 9.17) is 0 Å². The number of rotatable bonds is 1. The van der Waals surface area contributed by atoms with Gasteiger partial charge in [0.15, 0.2) is 0 Å². The second-order valence-corrected chi connectivity index (χ2v) is 4.03. The fourth-order valence-corrected chi connectivity index (χ4v) is 2.47. The van der Waals surface area contributed by atoms with Gasteiger partial charge in [-0.05, 0) is 32.9 Å². The minimum atomic E-state index is -0.419. The predicted octanol–water partition coefficient (Wildman–Crippen LogP) is 0.0321. The maximum absolute atomic E-state index is 11.4. The summed E-state index contributed by atoms with van der Waals surface area (Å²) < 4.78 is 0. The zero-order chi connectivity index (χ0) is 8.77. The van der Waals surface area contributed by atoms with Gasteiger partial charge in [0.05, 0.1) is 11.5 Å². The number of fused-ring (bicyclic) bond motifs is 3. The molecule has 0 aromatic carbocycles. The average molecular weight is 169 g/mol. The van der Waals surface area contributed by atoms with E-state index in [1.165, 1.54) is 0 Å². The topological polar surface area (TPSA) is 40.5 Å². The first-order valence-corrected chi connectivity index (χ1v) is 4.57. The number of nitrogens with zero attached hydrogens (tertiary/aromatic N) is 1. The van der Waals surface area contributed by atoms with E-state index in [-0.39, 0.29) is 11.2 Å². The summed E-state index contributed by atoms with van der Waals surface area (Å²) >= 11 is 0. The van der Waals surface area contributed by atoms with Gasteiger partial charge in [0, 0.05) is 6.54 Å². The van der Waals surface area contributed by atoms with Gasteiger partial charge in [0.25, 0.3) is 0 Å². The van der Waals surface area contributed by atoms with E-state index in [9.17, 15) is 9.90 Å². The van der Waals surface area contributed by atoms with Crippen molar-refractivity contribution in [3.63, 3.8) is 0 Å². The molecule has 0 aromatic rings. The average Bonchev–Trinajstić information content (AvgIpc) is 2.05. The molecule has 3 aliphatic heterocycles. The van der Waals surface area contributed by atoms with E-state index in [1.807, 2.05) is 0 Å². The minimum absolute atomic E-state index is 0.175. The molecule has 12 heavy (non-hydrogen) atoms. The smallest absolute Gasteiger partial charge is 0.138 e. The molecule has 1 N–H and O–H groups in total. The molecule has 3 heteroatoms. The van der Waals surface area contributed by atoms with Crippen molar-refractivity contribution in [3.05, 3.63) is 0 Å². The Morgan fingerprint density at radius 2 is 2.08 bits per heavy atom. The Kier molecular flexibility index (Phi) is 1.73. The molecule has 3 nitrogen and oxygen atoms in total. The van der Waals surface area contributed by atoms with Crippen LogP contribution in [0.1, 0.15) is 19.8 Å². The van der Waals surface area contributed by atoms with E-state index in [2.05, 4.69) is 4.90 Å². The van der Waals surface area contributed by atoms with Crippen LogP contribution in [0.15, 0.2) is 0 Å².